The van der Waals surface area contributed by atoms with Crippen LogP contribution in [0, 0.1) is 5.92 Å². The first kappa shape index (κ1) is 23.7. The third-order valence-electron chi connectivity index (χ3n) is 4.80. The molecule has 0 aliphatic heterocycles. The third kappa shape index (κ3) is 7.29. The van der Waals surface area contributed by atoms with Gasteiger partial charge in [-0.15, -0.1) is 4.90 Å². The van der Waals surface area contributed by atoms with Crippen molar-refractivity contribution in [3.63, 3.8) is 0 Å². The molecule has 166 valence electrons. The molecule has 1 aliphatic carbocycles. The number of benzene rings is 1. The van der Waals surface area contributed by atoms with Crippen LogP contribution in [-0.2, 0) is 0 Å². The van der Waals surface area contributed by atoms with Gasteiger partial charge in [0.25, 0.3) is 0 Å². The number of aliphatic hydroxyl groups excluding tert-OH is 1. The number of aliphatic hydroxyl groups is 1. The van der Waals surface area contributed by atoms with Crippen LogP contribution >= 0.6 is 0 Å². The Bertz CT molecular complexity index is 638. The van der Waals surface area contributed by atoms with Crippen molar-refractivity contribution in [3.05, 3.63) is 29.8 Å². The van der Waals surface area contributed by atoms with Gasteiger partial charge in [0.05, 0.1) is 12.7 Å². The van der Waals surface area contributed by atoms with Crippen LogP contribution in [0.5, 0.6) is 5.75 Å². The second-order valence-corrected chi connectivity index (χ2v) is 7.07. The van der Waals surface area contributed by atoms with E-state index in [0.717, 1.165) is 0 Å². The van der Waals surface area contributed by atoms with Gasteiger partial charge >= 0.3 is 12.6 Å². The Morgan fingerprint density at radius 2 is 1.66 bits per heavy atom. The summed E-state index contributed by atoms with van der Waals surface area (Å²) in [6.07, 6.45) is -13.5. The Kier molecular flexibility index (Phi) is 7.37. The predicted molar refractivity (Wildman–Crippen MR) is 87.2 cm³/mol. The number of alkyl halides is 8. The predicted octanol–water partition coefficient (Wildman–Crippen LogP) is 5.66. The van der Waals surface area contributed by atoms with E-state index >= 15 is 0 Å². The molecule has 1 aliphatic rings. The molecule has 11 heteroatoms. The highest BCUT2D eigenvalue weighted by molar-refractivity contribution is 5.30. The molecule has 1 saturated carbocycles. The van der Waals surface area contributed by atoms with Crippen LogP contribution in [0.2, 0.25) is 0 Å². The van der Waals surface area contributed by atoms with E-state index in [1.54, 1.807) is 0 Å². The summed E-state index contributed by atoms with van der Waals surface area (Å²) in [5.74, 6) is -2.49. The van der Waals surface area contributed by atoms with Crippen LogP contribution in [0.1, 0.15) is 43.8 Å². The number of rotatable bonds is 7. The minimum absolute atomic E-state index is 0.0738. The Labute approximate surface area is 162 Å². The van der Waals surface area contributed by atoms with Crippen molar-refractivity contribution >= 4 is 0 Å². The zero-order valence-electron chi connectivity index (χ0n) is 15.2. The van der Waals surface area contributed by atoms with E-state index in [2.05, 4.69) is 0 Å². The number of nitrogens with zero attached hydrogens (tertiary/aromatic N) is 1. The minimum Gasteiger partial charge on any atom is -0.493 e. The second kappa shape index (κ2) is 9.03. The molecule has 0 amide bonds. The number of hydrogen-bond donors (Lipinski definition) is 1. The van der Waals surface area contributed by atoms with Crippen molar-refractivity contribution in [1.29, 1.82) is 0 Å². The summed E-state index contributed by atoms with van der Waals surface area (Å²) < 4.78 is 107. The van der Waals surface area contributed by atoms with E-state index in [9.17, 15) is 40.2 Å². The minimum atomic E-state index is -5.61. The van der Waals surface area contributed by atoms with Crippen LogP contribution in [0.3, 0.4) is 0 Å². The van der Waals surface area contributed by atoms with Crippen molar-refractivity contribution in [2.24, 2.45) is 5.92 Å². The molecule has 0 bridgehead atoms. The average Bonchev–Trinajstić information content (AvgIpc) is 2.58. The van der Waals surface area contributed by atoms with Crippen molar-refractivity contribution < 1.29 is 45.0 Å². The summed E-state index contributed by atoms with van der Waals surface area (Å²) in [5, 5.41) is 10.00. The quantitative estimate of drug-likeness (QED) is 0.444. The van der Waals surface area contributed by atoms with E-state index in [1.165, 1.54) is 24.3 Å². The molecular formula is C18H21F8NO2. The molecule has 0 saturated heterocycles. The molecule has 0 radical (unpaired) electrons. The largest absolute Gasteiger partial charge is 0.493 e. The van der Waals surface area contributed by atoms with Crippen LogP contribution in [0.4, 0.5) is 35.1 Å². The lowest BCUT2D eigenvalue weighted by molar-refractivity contribution is -0.373. The molecule has 0 heterocycles. The van der Waals surface area contributed by atoms with Gasteiger partial charge < -0.3 is 9.84 Å². The Balaban J connectivity index is 1.91. The zero-order valence-corrected chi connectivity index (χ0v) is 15.2. The van der Waals surface area contributed by atoms with Crippen LogP contribution in [0.25, 0.3) is 0 Å². The summed E-state index contributed by atoms with van der Waals surface area (Å²) in [6.45, 7) is -1.30. The first-order valence-electron chi connectivity index (χ1n) is 8.98. The third-order valence-corrected chi connectivity index (χ3v) is 4.80. The highest BCUT2D eigenvalue weighted by Crippen LogP contribution is 2.37. The van der Waals surface area contributed by atoms with E-state index in [1.807, 2.05) is 0 Å². The molecular weight excluding hydrogens is 414 g/mol. The van der Waals surface area contributed by atoms with Gasteiger partial charge in [-0.1, -0.05) is 12.1 Å². The van der Waals surface area contributed by atoms with Crippen molar-refractivity contribution in [2.75, 3.05) is 13.2 Å². The number of ether oxygens (including phenoxy) is 1. The molecule has 1 unspecified atom stereocenters. The lowest BCUT2D eigenvalue weighted by atomic mass is 9.87. The van der Waals surface area contributed by atoms with Crippen molar-refractivity contribution in [1.82, 2.24) is 4.90 Å². The maximum atomic E-state index is 13.1. The zero-order chi connectivity index (χ0) is 21.9. The molecule has 1 aromatic carbocycles. The standard InChI is InChI=1S/C18H21F8NO2/c19-16(20)7-4-12(5-8-16)11-29-14-3-1-2-13(10-14)15(28)6-9-27(17(21,22)23)18(24,25)26/h1-3,10,12,15,28H,4-9,11H2. The van der Waals surface area contributed by atoms with E-state index in [-0.39, 0.29) is 36.7 Å². The van der Waals surface area contributed by atoms with Gasteiger partial charge in [0.15, 0.2) is 0 Å². The van der Waals surface area contributed by atoms with Crippen molar-refractivity contribution in [2.45, 2.75) is 56.7 Å². The summed E-state index contributed by atoms with van der Waals surface area (Å²) in [7, 11) is 0. The lowest BCUT2D eigenvalue weighted by Crippen LogP contribution is -2.48. The van der Waals surface area contributed by atoms with Gasteiger partial charge in [-0.2, -0.15) is 26.3 Å². The van der Waals surface area contributed by atoms with Crippen LogP contribution in [0.15, 0.2) is 24.3 Å². The fourth-order valence-corrected chi connectivity index (χ4v) is 3.11. The maximum absolute atomic E-state index is 13.1. The normalized spacial score (nSPS) is 19.4. The first-order valence-corrected chi connectivity index (χ1v) is 8.98. The average molecular weight is 435 g/mol. The van der Waals surface area contributed by atoms with E-state index < -0.39 is 42.5 Å². The molecule has 1 N–H and O–H groups in total. The van der Waals surface area contributed by atoms with Gasteiger partial charge in [-0.25, -0.2) is 8.78 Å². The Morgan fingerprint density at radius 1 is 1.07 bits per heavy atom. The summed E-state index contributed by atoms with van der Waals surface area (Å²) in [4.78, 5) is -1.59. The fraction of sp³-hybridized carbons (Fsp3) is 0.667. The van der Waals surface area contributed by atoms with Crippen LogP contribution in [-0.4, -0.2) is 41.7 Å². The number of halogens is 8. The van der Waals surface area contributed by atoms with Gasteiger partial charge in [-0.3, -0.25) is 0 Å². The fourth-order valence-electron chi connectivity index (χ4n) is 3.11. The number of hydrogen-bond acceptors (Lipinski definition) is 3. The van der Waals surface area contributed by atoms with Gasteiger partial charge in [0, 0.05) is 19.4 Å². The molecule has 2 rings (SSSR count). The molecule has 0 spiro atoms. The summed E-state index contributed by atoms with van der Waals surface area (Å²) in [5.41, 5.74) is 0.0991. The molecule has 1 fully saturated rings. The summed E-state index contributed by atoms with van der Waals surface area (Å²) in [6, 6.07) is 5.61. The molecule has 0 aromatic heterocycles. The van der Waals surface area contributed by atoms with Gasteiger partial charge in [0.1, 0.15) is 5.75 Å². The Hall–Kier alpha value is -1.62. The monoisotopic (exact) mass is 435 g/mol. The smallest absolute Gasteiger partial charge is 0.467 e. The maximum Gasteiger partial charge on any atom is 0.467 e. The molecule has 1 aromatic rings. The van der Waals surface area contributed by atoms with Crippen molar-refractivity contribution in [3.8, 4) is 5.75 Å². The SMILES string of the molecule is OC(CCN(C(F)(F)F)C(F)(F)F)c1cccc(OCC2CCC(F)(F)CC2)c1. The molecule has 3 nitrogen and oxygen atoms in total. The van der Waals surface area contributed by atoms with Gasteiger partial charge in [0.2, 0.25) is 5.92 Å². The van der Waals surface area contributed by atoms with E-state index in [4.69, 9.17) is 4.74 Å². The van der Waals surface area contributed by atoms with E-state index in [0.29, 0.717) is 12.8 Å². The second-order valence-electron chi connectivity index (χ2n) is 7.07. The highest BCUT2D eigenvalue weighted by Gasteiger charge is 2.53. The van der Waals surface area contributed by atoms with Gasteiger partial charge in [-0.05, 0) is 42.9 Å². The summed E-state index contributed by atoms with van der Waals surface area (Å²) >= 11 is 0. The first-order chi connectivity index (χ1) is 13.3. The van der Waals surface area contributed by atoms with Crippen LogP contribution < -0.4 is 4.74 Å². The molecule has 29 heavy (non-hydrogen) atoms. The topological polar surface area (TPSA) is 32.7 Å². The Morgan fingerprint density at radius 3 is 2.21 bits per heavy atom. The lowest BCUT2D eigenvalue weighted by Gasteiger charge is -2.28. The molecule has 1 atom stereocenters. The highest BCUT2D eigenvalue weighted by atomic mass is 19.4.